The fraction of sp³-hybridized carbons (Fsp3) is 0.750. The summed E-state index contributed by atoms with van der Waals surface area (Å²) in [6.07, 6.45) is 9.15. The largest absolute Gasteiger partial charge is 0.356 e. The molecule has 2 N–H and O–H groups in total. The van der Waals surface area contributed by atoms with Gasteiger partial charge in [0.2, 0.25) is 0 Å². The van der Waals surface area contributed by atoms with E-state index in [1.165, 1.54) is 37.0 Å². The number of aliphatic imine (C=N–C) groups is 1. The van der Waals surface area contributed by atoms with Crippen LogP contribution in [0, 0.1) is 24.7 Å². The second-order valence-electron chi connectivity index (χ2n) is 6.44. The Morgan fingerprint density at radius 2 is 2.29 bits per heavy atom. The van der Waals surface area contributed by atoms with E-state index in [0.29, 0.717) is 0 Å². The molecule has 116 valence electrons. The fourth-order valence-corrected chi connectivity index (χ4v) is 4.70. The lowest BCUT2D eigenvalue weighted by Crippen LogP contribution is -2.38. The maximum atomic E-state index is 4.36. The summed E-state index contributed by atoms with van der Waals surface area (Å²) in [6.45, 7) is 3.88. The molecule has 1 heterocycles. The minimum absolute atomic E-state index is 0.756. The lowest BCUT2D eigenvalue weighted by Gasteiger charge is -2.22. The molecule has 0 radical (unpaired) electrons. The van der Waals surface area contributed by atoms with Crippen molar-refractivity contribution < 1.29 is 0 Å². The van der Waals surface area contributed by atoms with Crippen LogP contribution >= 0.6 is 11.3 Å². The summed E-state index contributed by atoms with van der Waals surface area (Å²) in [5.41, 5.74) is 0. The molecule has 2 saturated carbocycles. The minimum atomic E-state index is 0.756. The Hall–Kier alpha value is -1.10. The van der Waals surface area contributed by atoms with Gasteiger partial charge < -0.3 is 10.6 Å². The van der Waals surface area contributed by atoms with Crippen LogP contribution in [0.5, 0.6) is 0 Å². The molecule has 2 aliphatic rings. The van der Waals surface area contributed by atoms with Crippen molar-refractivity contribution in [3.63, 3.8) is 0 Å². The Labute approximate surface area is 131 Å². The van der Waals surface area contributed by atoms with Gasteiger partial charge in [0.15, 0.2) is 5.96 Å². The van der Waals surface area contributed by atoms with Crippen molar-refractivity contribution >= 4 is 17.3 Å². The van der Waals surface area contributed by atoms with E-state index in [1.54, 1.807) is 11.3 Å². The number of aryl methyl sites for hydroxylation is 1. The number of hydrogen-bond donors (Lipinski definition) is 2. The Kier molecular flexibility index (Phi) is 4.78. The van der Waals surface area contributed by atoms with E-state index in [1.807, 2.05) is 13.2 Å². The first-order valence-electron chi connectivity index (χ1n) is 8.10. The molecule has 2 fully saturated rings. The van der Waals surface area contributed by atoms with Crippen molar-refractivity contribution in [2.75, 3.05) is 13.6 Å². The van der Waals surface area contributed by atoms with Gasteiger partial charge in [-0.15, -0.1) is 11.3 Å². The molecular formula is C16H26N4S. The van der Waals surface area contributed by atoms with Crippen LogP contribution < -0.4 is 10.6 Å². The second-order valence-corrected chi connectivity index (χ2v) is 7.76. The molecule has 0 spiro atoms. The van der Waals surface area contributed by atoms with Gasteiger partial charge in [0.05, 0.1) is 6.54 Å². The fourth-order valence-electron chi connectivity index (χ4n) is 3.97. The molecule has 3 rings (SSSR count). The highest BCUT2D eigenvalue weighted by molar-refractivity contribution is 7.11. The van der Waals surface area contributed by atoms with Crippen LogP contribution in [0.15, 0.2) is 11.2 Å². The number of hydrogen-bond acceptors (Lipinski definition) is 3. The predicted molar refractivity (Wildman–Crippen MR) is 88.6 cm³/mol. The van der Waals surface area contributed by atoms with Crippen LogP contribution in [0.25, 0.3) is 0 Å². The molecule has 1 aromatic rings. The summed E-state index contributed by atoms with van der Waals surface area (Å²) in [7, 11) is 1.83. The number of rotatable bonds is 5. The quantitative estimate of drug-likeness (QED) is 0.649. The average molecular weight is 306 g/mol. The molecule has 21 heavy (non-hydrogen) atoms. The van der Waals surface area contributed by atoms with Gasteiger partial charge in [-0.2, -0.15) is 0 Å². The Balaban J connectivity index is 1.37. The standard InChI is InChI=1S/C16H26N4S/c1-11-9-19-15(21-11)10-20-16(17-2)18-6-5-14-8-12-3-4-13(14)7-12/h9,12-14H,3-8,10H2,1-2H3,(H2,17,18,20). The van der Waals surface area contributed by atoms with Crippen molar-refractivity contribution in [1.29, 1.82) is 0 Å². The lowest BCUT2D eigenvalue weighted by molar-refractivity contribution is 0.315. The summed E-state index contributed by atoms with van der Waals surface area (Å²) in [6, 6.07) is 0. The van der Waals surface area contributed by atoms with Crippen molar-refractivity contribution in [2.45, 2.75) is 45.6 Å². The minimum Gasteiger partial charge on any atom is -0.356 e. The molecule has 2 bridgehead atoms. The molecule has 2 aliphatic carbocycles. The summed E-state index contributed by atoms with van der Waals surface area (Å²) in [5, 5.41) is 7.91. The Morgan fingerprint density at radius 3 is 2.90 bits per heavy atom. The zero-order valence-corrected chi connectivity index (χ0v) is 13.9. The molecule has 0 aliphatic heterocycles. The van der Waals surface area contributed by atoms with E-state index < -0.39 is 0 Å². The van der Waals surface area contributed by atoms with Crippen LogP contribution in [0.3, 0.4) is 0 Å². The van der Waals surface area contributed by atoms with Crippen molar-refractivity contribution in [3.05, 3.63) is 16.1 Å². The third-order valence-corrected chi connectivity index (χ3v) is 5.90. The van der Waals surface area contributed by atoms with E-state index in [2.05, 4.69) is 27.5 Å². The van der Waals surface area contributed by atoms with Crippen LogP contribution in [0.4, 0.5) is 0 Å². The smallest absolute Gasteiger partial charge is 0.191 e. The normalized spacial score (nSPS) is 28.1. The highest BCUT2D eigenvalue weighted by atomic mass is 32.1. The second kappa shape index (κ2) is 6.77. The van der Waals surface area contributed by atoms with Crippen LogP contribution in [0.2, 0.25) is 0 Å². The van der Waals surface area contributed by atoms with Gasteiger partial charge >= 0.3 is 0 Å². The SMILES string of the molecule is CN=C(NCCC1CC2CCC1C2)NCc1ncc(C)s1. The summed E-state index contributed by atoms with van der Waals surface area (Å²) in [4.78, 5) is 9.91. The van der Waals surface area contributed by atoms with Gasteiger partial charge in [0, 0.05) is 24.7 Å². The van der Waals surface area contributed by atoms with Crippen LogP contribution in [-0.4, -0.2) is 24.5 Å². The third-order valence-electron chi connectivity index (χ3n) is 4.99. The maximum absolute atomic E-state index is 4.36. The van der Waals surface area contributed by atoms with Gasteiger partial charge in [-0.25, -0.2) is 4.98 Å². The van der Waals surface area contributed by atoms with Crippen LogP contribution in [-0.2, 0) is 6.54 Å². The van der Waals surface area contributed by atoms with Gasteiger partial charge in [-0.05, 0) is 50.4 Å². The number of fused-ring (bicyclic) bond motifs is 2. The van der Waals surface area contributed by atoms with Crippen molar-refractivity contribution in [2.24, 2.45) is 22.7 Å². The highest BCUT2D eigenvalue weighted by Crippen LogP contribution is 2.49. The first-order chi connectivity index (χ1) is 10.2. The summed E-state index contributed by atoms with van der Waals surface area (Å²) < 4.78 is 0. The summed E-state index contributed by atoms with van der Waals surface area (Å²) in [5.74, 6) is 3.91. The van der Waals surface area contributed by atoms with Gasteiger partial charge in [0.1, 0.15) is 5.01 Å². The molecule has 4 nitrogen and oxygen atoms in total. The first kappa shape index (κ1) is 14.8. The molecule has 1 aromatic heterocycles. The first-order valence-corrected chi connectivity index (χ1v) is 8.92. The van der Waals surface area contributed by atoms with E-state index >= 15 is 0 Å². The maximum Gasteiger partial charge on any atom is 0.191 e. The molecule has 3 atom stereocenters. The van der Waals surface area contributed by atoms with Gasteiger partial charge in [-0.3, -0.25) is 4.99 Å². The summed E-state index contributed by atoms with van der Waals surface area (Å²) >= 11 is 1.74. The monoisotopic (exact) mass is 306 g/mol. The number of aromatic nitrogens is 1. The van der Waals surface area contributed by atoms with Crippen LogP contribution in [0.1, 0.15) is 42.0 Å². The number of guanidine groups is 1. The Bertz CT molecular complexity index is 496. The molecule has 3 unspecified atom stereocenters. The van der Waals surface area contributed by atoms with Crippen molar-refractivity contribution in [3.8, 4) is 0 Å². The van der Waals surface area contributed by atoms with E-state index in [9.17, 15) is 0 Å². The predicted octanol–water partition coefficient (Wildman–Crippen LogP) is 2.94. The van der Waals surface area contributed by atoms with E-state index in [-0.39, 0.29) is 0 Å². The average Bonchev–Trinajstić information content (AvgIpc) is 3.19. The molecule has 0 saturated heterocycles. The zero-order chi connectivity index (χ0) is 14.7. The third kappa shape index (κ3) is 3.76. The van der Waals surface area contributed by atoms with E-state index in [4.69, 9.17) is 0 Å². The van der Waals surface area contributed by atoms with E-state index in [0.717, 1.165) is 41.8 Å². The Morgan fingerprint density at radius 1 is 1.38 bits per heavy atom. The molecule has 0 aromatic carbocycles. The number of nitrogens with one attached hydrogen (secondary N) is 2. The lowest BCUT2D eigenvalue weighted by atomic mass is 9.86. The number of thiazole rings is 1. The molecular weight excluding hydrogens is 280 g/mol. The van der Waals surface area contributed by atoms with Crippen molar-refractivity contribution in [1.82, 2.24) is 15.6 Å². The van der Waals surface area contributed by atoms with Gasteiger partial charge in [0.25, 0.3) is 0 Å². The zero-order valence-electron chi connectivity index (χ0n) is 13.1. The van der Waals surface area contributed by atoms with Gasteiger partial charge in [-0.1, -0.05) is 6.42 Å². The molecule has 0 amide bonds. The number of nitrogens with zero attached hydrogens (tertiary/aromatic N) is 2. The highest BCUT2D eigenvalue weighted by Gasteiger charge is 2.38. The topological polar surface area (TPSA) is 49.3 Å². The molecule has 5 heteroatoms.